The Morgan fingerprint density at radius 3 is 2.68 bits per heavy atom. The van der Waals surface area contributed by atoms with Crippen LogP contribution in [0, 0.1) is 15.9 Å². The molecule has 0 saturated heterocycles. The Morgan fingerprint density at radius 2 is 2.14 bits per heavy atom. The first-order valence-electron chi connectivity index (χ1n) is 6.37. The summed E-state index contributed by atoms with van der Waals surface area (Å²) < 4.78 is 43.8. The van der Waals surface area contributed by atoms with Crippen LogP contribution < -0.4 is 4.72 Å². The summed E-state index contributed by atoms with van der Waals surface area (Å²) in [5, 5.41) is 10.5. The number of unbranched alkanes of at least 4 members (excludes halogenated alkanes) is 1. The third-order valence-corrected chi connectivity index (χ3v) is 3.99. The molecule has 1 rings (SSSR count). The van der Waals surface area contributed by atoms with E-state index < -0.39 is 43.9 Å². The maximum absolute atomic E-state index is 13.4. The van der Waals surface area contributed by atoms with Gasteiger partial charge in [-0.3, -0.25) is 14.9 Å². The maximum Gasteiger partial charge on any atom is 0.321 e. The van der Waals surface area contributed by atoms with Gasteiger partial charge in [-0.05, 0) is 12.5 Å². The van der Waals surface area contributed by atoms with E-state index in [-0.39, 0.29) is 6.61 Å². The van der Waals surface area contributed by atoms with E-state index in [9.17, 15) is 27.7 Å². The molecule has 122 valence electrons. The first-order chi connectivity index (χ1) is 10.3. The summed E-state index contributed by atoms with van der Waals surface area (Å²) >= 11 is 0. The van der Waals surface area contributed by atoms with Gasteiger partial charge in [-0.1, -0.05) is 13.3 Å². The fraction of sp³-hybridized carbons (Fsp3) is 0.417. The fourth-order valence-corrected chi connectivity index (χ4v) is 2.40. The molecule has 0 amide bonds. The highest BCUT2D eigenvalue weighted by Crippen LogP contribution is 2.20. The second kappa shape index (κ2) is 7.80. The van der Waals surface area contributed by atoms with Crippen LogP contribution in [0.3, 0.4) is 0 Å². The number of halogens is 1. The SMILES string of the molecule is CCCCOC(=O)CNS(=O)(=O)c1ccc([N+](=O)[O-])c(F)c1. The van der Waals surface area contributed by atoms with Gasteiger partial charge in [0, 0.05) is 12.1 Å². The van der Waals surface area contributed by atoms with E-state index in [2.05, 4.69) is 0 Å². The highest BCUT2D eigenvalue weighted by molar-refractivity contribution is 7.89. The molecule has 0 fully saturated rings. The average Bonchev–Trinajstić information content (AvgIpc) is 2.45. The lowest BCUT2D eigenvalue weighted by Crippen LogP contribution is -2.31. The van der Waals surface area contributed by atoms with Crippen molar-refractivity contribution in [1.29, 1.82) is 0 Å². The van der Waals surface area contributed by atoms with Crippen molar-refractivity contribution in [2.75, 3.05) is 13.2 Å². The summed E-state index contributed by atoms with van der Waals surface area (Å²) in [6.45, 7) is 1.48. The fourth-order valence-electron chi connectivity index (χ4n) is 1.42. The van der Waals surface area contributed by atoms with Crippen LogP contribution in [0.5, 0.6) is 0 Å². The number of nitrogens with one attached hydrogen (secondary N) is 1. The van der Waals surface area contributed by atoms with Gasteiger partial charge in [0.2, 0.25) is 15.8 Å². The molecule has 1 aromatic carbocycles. The number of rotatable bonds is 8. The Hall–Kier alpha value is -2.07. The molecule has 0 atom stereocenters. The van der Waals surface area contributed by atoms with Gasteiger partial charge in [-0.25, -0.2) is 8.42 Å². The van der Waals surface area contributed by atoms with E-state index in [1.807, 2.05) is 11.6 Å². The predicted octanol–water partition coefficient (Wildman–Crippen LogP) is 1.36. The molecule has 0 aliphatic rings. The number of nitro groups is 1. The molecule has 1 aromatic rings. The molecule has 8 nitrogen and oxygen atoms in total. The average molecular weight is 334 g/mol. The Labute approximate surface area is 126 Å². The molecule has 0 heterocycles. The Morgan fingerprint density at radius 1 is 1.45 bits per heavy atom. The molecular weight excluding hydrogens is 319 g/mol. The molecule has 0 saturated carbocycles. The normalized spacial score (nSPS) is 11.2. The molecule has 0 aliphatic heterocycles. The van der Waals surface area contributed by atoms with Crippen molar-refractivity contribution in [3.63, 3.8) is 0 Å². The first kappa shape index (κ1) is 18.0. The first-order valence-corrected chi connectivity index (χ1v) is 7.85. The zero-order chi connectivity index (χ0) is 16.8. The number of sulfonamides is 1. The summed E-state index contributed by atoms with van der Waals surface area (Å²) in [5.41, 5.74) is -0.835. The number of hydrogen-bond donors (Lipinski definition) is 1. The van der Waals surface area contributed by atoms with E-state index in [1.54, 1.807) is 0 Å². The molecule has 0 bridgehead atoms. The van der Waals surface area contributed by atoms with Gasteiger partial charge in [-0.15, -0.1) is 0 Å². The Bertz CT molecular complexity index is 662. The highest BCUT2D eigenvalue weighted by atomic mass is 32.2. The number of nitro benzene ring substituents is 1. The van der Waals surface area contributed by atoms with E-state index in [4.69, 9.17) is 4.74 Å². The number of nitrogens with zero attached hydrogens (tertiary/aromatic N) is 1. The third kappa shape index (κ3) is 5.04. The number of esters is 1. The van der Waals surface area contributed by atoms with Crippen LogP contribution in [0.4, 0.5) is 10.1 Å². The van der Waals surface area contributed by atoms with E-state index in [1.165, 1.54) is 0 Å². The van der Waals surface area contributed by atoms with Crippen molar-refractivity contribution in [2.24, 2.45) is 0 Å². The van der Waals surface area contributed by atoms with Gasteiger partial charge in [0.25, 0.3) is 0 Å². The van der Waals surface area contributed by atoms with Crippen LogP contribution in [0.15, 0.2) is 23.1 Å². The van der Waals surface area contributed by atoms with Gasteiger partial charge in [0.1, 0.15) is 6.54 Å². The Kier molecular flexibility index (Phi) is 6.38. The lowest BCUT2D eigenvalue weighted by atomic mass is 10.3. The topological polar surface area (TPSA) is 116 Å². The second-order valence-corrected chi connectivity index (χ2v) is 6.04. The number of ether oxygens (including phenoxy) is 1. The van der Waals surface area contributed by atoms with Crippen LogP contribution in [0.1, 0.15) is 19.8 Å². The number of carbonyl (C=O) groups is 1. The molecular formula is C12H15FN2O6S. The van der Waals surface area contributed by atoms with Crippen LogP contribution >= 0.6 is 0 Å². The van der Waals surface area contributed by atoms with Crippen LogP contribution in [-0.4, -0.2) is 32.5 Å². The van der Waals surface area contributed by atoms with Crippen molar-refractivity contribution < 1.29 is 27.3 Å². The van der Waals surface area contributed by atoms with Crippen molar-refractivity contribution in [2.45, 2.75) is 24.7 Å². The lowest BCUT2D eigenvalue weighted by molar-refractivity contribution is -0.387. The standard InChI is InChI=1S/C12H15FN2O6S/c1-2-3-6-21-12(16)8-14-22(19,20)9-4-5-11(15(17)18)10(13)7-9/h4-5,7,14H,2-3,6,8H2,1H3. The van der Waals surface area contributed by atoms with Crippen molar-refractivity contribution in [3.05, 3.63) is 34.1 Å². The summed E-state index contributed by atoms with van der Waals surface area (Å²) in [6.07, 6.45) is 1.48. The number of hydrogen-bond acceptors (Lipinski definition) is 6. The second-order valence-electron chi connectivity index (χ2n) is 4.27. The van der Waals surface area contributed by atoms with Crippen molar-refractivity contribution >= 4 is 21.7 Å². The van der Waals surface area contributed by atoms with Gasteiger partial charge < -0.3 is 4.74 Å². The van der Waals surface area contributed by atoms with E-state index in [0.29, 0.717) is 12.5 Å². The summed E-state index contributed by atoms with van der Waals surface area (Å²) in [7, 11) is -4.16. The summed E-state index contributed by atoms with van der Waals surface area (Å²) in [5.74, 6) is -2.04. The van der Waals surface area contributed by atoms with Gasteiger partial charge in [-0.2, -0.15) is 9.11 Å². The minimum absolute atomic E-state index is 0.184. The lowest BCUT2D eigenvalue weighted by Gasteiger charge is -2.07. The molecule has 10 heteroatoms. The van der Waals surface area contributed by atoms with Gasteiger partial charge in [0.05, 0.1) is 16.4 Å². The summed E-state index contributed by atoms with van der Waals surface area (Å²) in [4.78, 5) is 20.3. The van der Waals surface area contributed by atoms with E-state index in [0.717, 1.165) is 18.6 Å². The number of carbonyl (C=O) groups excluding carboxylic acids is 1. The molecule has 0 spiro atoms. The quantitative estimate of drug-likeness (QED) is 0.332. The van der Waals surface area contributed by atoms with Crippen LogP contribution in [-0.2, 0) is 19.6 Å². The smallest absolute Gasteiger partial charge is 0.321 e. The zero-order valence-corrected chi connectivity index (χ0v) is 12.6. The molecule has 0 radical (unpaired) electrons. The van der Waals surface area contributed by atoms with Crippen molar-refractivity contribution in [1.82, 2.24) is 4.72 Å². The van der Waals surface area contributed by atoms with Gasteiger partial charge in [0.15, 0.2) is 0 Å². The van der Waals surface area contributed by atoms with Crippen LogP contribution in [0.2, 0.25) is 0 Å². The number of benzene rings is 1. The predicted molar refractivity (Wildman–Crippen MR) is 74.1 cm³/mol. The molecule has 0 unspecified atom stereocenters. The molecule has 22 heavy (non-hydrogen) atoms. The largest absolute Gasteiger partial charge is 0.465 e. The molecule has 1 N–H and O–H groups in total. The minimum Gasteiger partial charge on any atom is -0.465 e. The van der Waals surface area contributed by atoms with E-state index >= 15 is 0 Å². The molecule has 0 aliphatic carbocycles. The van der Waals surface area contributed by atoms with Crippen molar-refractivity contribution in [3.8, 4) is 0 Å². The maximum atomic E-state index is 13.4. The monoisotopic (exact) mass is 334 g/mol. The Balaban J connectivity index is 2.72. The highest BCUT2D eigenvalue weighted by Gasteiger charge is 2.21. The third-order valence-electron chi connectivity index (χ3n) is 2.59. The zero-order valence-electron chi connectivity index (χ0n) is 11.7. The minimum atomic E-state index is -4.16. The molecule has 0 aromatic heterocycles. The summed E-state index contributed by atoms with van der Waals surface area (Å²) in [6, 6.07) is 2.14. The van der Waals surface area contributed by atoms with Gasteiger partial charge >= 0.3 is 11.7 Å². The van der Waals surface area contributed by atoms with Crippen LogP contribution in [0.25, 0.3) is 0 Å².